The highest BCUT2D eigenvalue weighted by molar-refractivity contribution is 9.10. The lowest BCUT2D eigenvalue weighted by Crippen LogP contribution is -2.41. The zero-order chi connectivity index (χ0) is 12.3. The quantitative estimate of drug-likeness (QED) is 0.900. The molecule has 0 amide bonds. The van der Waals surface area contributed by atoms with Crippen LogP contribution in [0.2, 0.25) is 0 Å². The Morgan fingerprint density at radius 1 is 1.47 bits per heavy atom. The molecular formula is C13H19BrN2O. The normalized spacial score (nSPS) is 29.2. The van der Waals surface area contributed by atoms with Gasteiger partial charge in [-0.05, 0) is 60.3 Å². The van der Waals surface area contributed by atoms with Crippen molar-refractivity contribution in [3.05, 3.63) is 28.5 Å². The topological polar surface area (TPSA) is 45.1 Å². The molecule has 0 bridgehead atoms. The van der Waals surface area contributed by atoms with E-state index >= 15 is 0 Å². The van der Waals surface area contributed by atoms with Crippen LogP contribution in [0.15, 0.2) is 22.9 Å². The zero-order valence-electron chi connectivity index (χ0n) is 10.1. The van der Waals surface area contributed by atoms with Crippen LogP contribution < -0.4 is 5.32 Å². The first-order valence-electron chi connectivity index (χ1n) is 6.10. The summed E-state index contributed by atoms with van der Waals surface area (Å²) in [7, 11) is 1.99. The van der Waals surface area contributed by atoms with E-state index in [1.165, 1.54) is 0 Å². The first-order chi connectivity index (χ1) is 8.11. The van der Waals surface area contributed by atoms with Crippen molar-refractivity contribution in [2.45, 2.75) is 43.7 Å². The molecule has 3 nitrogen and oxygen atoms in total. The Balaban J connectivity index is 1.99. The number of hydrogen-bond acceptors (Lipinski definition) is 3. The van der Waals surface area contributed by atoms with Gasteiger partial charge in [0.05, 0.1) is 5.60 Å². The number of hydrogen-bond donors (Lipinski definition) is 2. The van der Waals surface area contributed by atoms with Gasteiger partial charge in [0.15, 0.2) is 0 Å². The molecule has 4 heteroatoms. The molecule has 1 aromatic rings. The molecule has 0 spiro atoms. The highest BCUT2D eigenvalue weighted by atomic mass is 79.9. The maximum atomic E-state index is 10.6. The number of rotatable bonds is 3. The smallest absolute Gasteiger partial charge is 0.0689 e. The van der Waals surface area contributed by atoms with E-state index in [0.29, 0.717) is 12.5 Å². The van der Waals surface area contributed by atoms with Crippen molar-refractivity contribution in [1.82, 2.24) is 10.3 Å². The number of nitrogens with one attached hydrogen (secondary N) is 1. The molecule has 1 fully saturated rings. The molecule has 2 N–H and O–H groups in total. The van der Waals surface area contributed by atoms with Crippen molar-refractivity contribution in [2.75, 3.05) is 7.05 Å². The Morgan fingerprint density at radius 2 is 2.18 bits per heavy atom. The second kappa shape index (κ2) is 5.46. The maximum Gasteiger partial charge on any atom is 0.0689 e. The summed E-state index contributed by atoms with van der Waals surface area (Å²) in [5.41, 5.74) is 0.556. The third-order valence-corrected chi connectivity index (χ3v) is 4.05. The third kappa shape index (κ3) is 3.50. The third-order valence-electron chi connectivity index (χ3n) is 3.62. The monoisotopic (exact) mass is 298 g/mol. The first kappa shape index (κ1) is 13.0. The van der Waals surface area contributed by atoms with Gasteiger partial charge in [0.1, 0.15) is 0 Å². The standard InChI is InChI=1S/C13H19BrN2O/c1-15-12-2-4-13(17,5-3-12)7-10-6-11(14)9-16-8-10/h6,8-9,12,15,17H,2-5,7H2,1H3. The summed E-state index contributed by atoms with van der Waals surface area (Å²) in [6, 6.07) is 2.60. The van der Waals surface area contributed by atoms with Gasteiger partial charge in [0.2, 0.25) is 0 Å². The molecule has 0 unspecified atom stereocenters. The molecule has 2 rings (SSSR count). The van der Waals surface area contributed by atoms with Gasteiger partial charge in [0, 0.05) is 29.3 Å². The van der Waals surface area contributed by atoms with Gasteiger partial charge in [-0.15, -0.1) is 0 Å². The van der Waals surface area contributed by atoms with E-state index in [-0.39, 0.29) is 0 Å². The lowest BCUT2D eigenvalue weighted by molar-refractivity contribution is -0.00249. The van der Waals surface area contributed by atoms with Crippen molar-refractivity contribution < 1.29 is 5.11 Å². The molecule has 0 radical (unpaired) electrons. The Hall–Kier alpha value is -0.450. The number of aliphatic hydroxyl groups is 1. The second-order valence-electron chi connectivity index (χ2n) is 4.98. The van der Waals surface area contributed by atoms with E-state index in [1.807, 2.05) is 19.3 Å². The molecule has 0 aliphatic heterocycles. The lowest BCUT2D eigenvalue weighted by Gasteiger charge is -2.36. The molecule has 0 saturated heterocycles. The van der Waals surface area contributed by atoms with Crippen molar-refractivity contribution in [2.24, 2.45) is 0 Å². The molecule has 17 heavy (non-hydrogen) atoms. The minimum Gasteiger partial charge on any atom is -0.390 e. The summed E-state index contributed by atoms with van der Waals surface area (Å²) in [6.45, 7) is 0. The Labute approximate surface area is 111 Å². The van der Waals surface area contributed by atoms with Gasteiger partial charge in [0.25, 0.3) is 0 Å². The average Bonchev–Trinajstić information content (AvgIpc) is 2.29. The minimum absolute atomic E-state index is 0.546. The molecule has 0 aromatic carbocycles. The molecule has 1 aliphatic rings. The van der Waals surface area contributed by atoms with Crippen LogP contribution in [0.3, 0.4) is 0 Å². The van der Waals surface area contributed by atoms with Gasteiger partial charge in [-0.2, -0.15) is 0 Å². The Bertz CT molecular complexity index is 375. The summed E-state index contributed by atoms with van der Waals surface area (Å²) in [6.07, 6.45) is 8.15. The van der Waals surface area contributed by atoms with Crippen molar-refractivity contribution in [3.63, 3.8) is 0 Å². The largest absolute Gasteiger partial charge is 0.390 e. The van der Waals surface area contributed by atoms with Crippen molar-refractivity contribution >= 4 is 15.9 Å². The Kier molecular flexibility index (Phi) is 4.17. The van der Waals surface area contributed by atoms with E-state index in [4.69, 9.17) is 0 Å². The van der Waals surface area contributed by atoms with E-state index in [0.717, 1.165) is 35.7 Å². The summed E-state index contributed by atoms with van der Waals surface area (Å²) in [5.74, 6) is 0. The molecular weight excluding hydrogens is 280 g/mol. The zero-order valence-corrected chi connectivity index (χ0v) is 11.7. The van der Waals surface area contributed by atoms with Crippen LogP contribution in [-0.4, -0.2) is 28.8 Å². The van der Waals surface area contributed by atoms with Gasteiger partial charge in [-0.3, -0.25) is 4.98 Å². The van der Waals surface area contributed by atoms with Crippen molar-refractivity contribution in [3.8, 4) is 0 Å². The average molecular weight is 299 g/mol. The predicted octanol–water partition coefficient (Wildman–Crippen LogP) is 2.28. The van der Waals surface area contributed by atoms with Crippen LogP contribution in [0.5, 0.6) is 0 Å². The minimum atomic E-state index is -0.546. The molecule has 1 saturated carbocycles. The molecule has 1 aliphatic carbocycles. The molecule has 1 aromatic heterocycles. The van der Waals surface area contributed by atoms with Crippen molar-refractivity contribution in [1.29, 1.82) is 0 Å². The van der Waals surface area contributed by atoms with Crippen LogP contribution in [0.4, 0.5) is 0 Å². The SMILES string of the molecule is CNC1CCC(O)(Cc2cncc(Br)c2)CC1. The molecule has 1 heterocycles. The van der Waals surface area contributed by atoms with Crippen LogP contribution in [0.1, 0.15) is 31.2 Å². The maximum absolute atomic E-state index is 10.6. The van der Waals surface area contributed by atoms with Gasteiger partial charge < -0.3 is 10.4 Å². The summed E-state index contributed by atoms with van der Waals surface area (Å²) >= 11 is 3.41. The van der Waals surface area contributed by atoms with E-state index in [1.54, 1.807) is 6.20 Å². The predicted molar refractivity (Wildman–Crippen MR) is 71.9 cm³/mol. The first-order valence-corrected chi connectivity index (χ1v) is 6.90. The van der Waals surface area contributed by atoms with Gasteiger partial charge in [-0.25, -0.2) is 0 Å². The molecule has 0 atom stereocenters. The number of halogens is 1. The fourth-order valence-corrected chi connectivity index (χ4v) is 2.97. The highest BCUT2D eigenvalue weighted by Crippen LogP contribution is 2.31. The van der Waals surface area contributed by atoms with E-state index < -0.39 is 5.60 Å². The number of aromatic nitrogens is 1. The Morgan fingerprint density at radius 3 is 2.76 bits per heavy atom. The van der Waals surface area contributed by atoms with Gasteiger partial charge >= 0.3 is 0 Å². The van der Waals surface area contributed by atoms with Crippen LogP contribution >= 0.6 is 15.9 Å². The highest BCUT2D eigenvalue weighted by Gasteiger charge is 2.32. The summed E-state index contributed by atoms with van der Waals surface area (Å²) in [5, 5.41) is 13.8. The van der Waals surface area contributed by atoms with E-state index in [9.17, 15) is 5.11 Å². The van der Waals surface area contributed by atoms with Crippen LogP contribution in [-0.2, 0) is 6.42 Å². The second-order valence-corrected chi connectivity index (χ2v) is 5.89. The fourth-order valence-electron chi connectivity index (χ4n) is 2.55. The summed E-state index contributed by atoms with van der Waals surface area (Å²) < 4.78 is 0.975. The number of pyridine rings is 1. The van der Waals surface area contributed by atoms with Gasteiger partial charge in [-0.1, -0.05) is 0 Å². The lowest BCUT2D eigenvalue weighted by atomic mass is 9.79. The van der Waals surface area contributed by atoms with Crippen LogP contribution in [0.25, 0.3) is 0 Å². The van der Waals surface area contributed by atoms with Crippen LogP contribution in [0, 0.1) is 0 Å². The number of nitrogens with zero attached hydrogens (tertiary/aromatic N) is 1. The molecule has 94 valence electrons. The summed E-state index contributed by atoms with van der Waals surface area (Å²) in [4.78, 5) is 4.14. The van der Waals surface area contributed by atoms with E-state index in [2.05, 4.69) is 26.2 Å². The fraction of sp³-hybridized carbons (Fsp3) is 0.615.